The third kappa shape index (κ3) is 4.36. The van der Waals surface area contributed by atoms with Gasteiger partial charge in [-0.15, -0.1) is 0 Å². The van der Waals surface area contributed by atoms with Crippen molar-refractivity contribution in [3.8, 4) is 0 Å². The maximum atomic E-state index is 13.0. The Labute approximate surface area is 168 Å². The molecule has 6 nitrogen and oxygen atoms in total. The summed E-state index contributed by atoms with van der Waals surface area (Å²) in [7, 11) is 1.55. The molecule has 3 aromatic rings. The van der Waals surface area contributed by atoms with E-state index in [9.17, 15) is 14.7 Å². The highest BCUT2D eigenvalue weighted by Crippen LogP contribution is 2.19. The number of likely N-dealkylation sites (N-methyl/N-ethyl adjacent to an activating group) is 1. The van der Waals surface area contributed by atoms with E-state index in [4.69, 9.17) is 0 Å². The monoisotopic (exact) mass is 397 g/mol. The Kier molecular flexibility index (Phi) is 6.36. The van der Waals surface area contributed by atoms with Crippen LogP contribution in [0.5, 0.6) is 0 Å². The summed E-state index contributed by atoms with van der Waals surface area (Å²) >= 11 is 1.63. The number of para-hydroxylation sites is 2. The van der Waals surface area contributed by atoms with Gasteiger partial charge in [-0.05, 0) is 24.0 Å². The van der Waals surface area contributed by atoms with Gasteiger partial charge in [-0.1, -0.05) is 42.5 Å². The molecule has 0 saturated heterocycles. The van der Waals surface area contributed by atoms with E-state index in [1.807, 2.05) is 65.4 Å². The Hall–Kier alpha value is -2.80. The third-order valence-corrected chi connectivity index (χ3v) is 5.27. The van der Waals surface area contributed by atoms with Crippen LogP contribution in [0.3, 0.4) is 0 Å². The smallest absolute Gasteiger partial charge is 0.326 e. The second kappa shape index (κ2) is 8.93. The van der Waals surface area contributed by atoms with Crippen molar-refractivity contribution in [3.63, 3.8) is 0 Å². The van der Waals surface area contributed by atoms with E-state index in [-0.39, 0.29) is 18.9 Å². The number of hydrogen-bond donors (Lipinski definition) is 1. The van der Waals surface area contributed by atoms with E-state index in [1.54, 1.807) is 18.8 Å². The zero-order chi connectivity index (χ0) is 20.1. The molecule has 0 radical (unpaired) electrons. The molecule has 1 atom stereocenters. The number of nitrogens with zero attached hydrogens (tertiary/aromatic N) is 3. The first-order chi connectivity index (χ1) is 13.5. The van der Waals surface area contributed by atoms with Gasteiger partial charge in [-0.25, -0.2) is 9.78 Å². The fraction of sp³-hybridized carbons (Fsp3) is 0.286. The molecule has 0 aliphatic rings. The number of fused-ring (bicyclic) bond motifs is 1. The number of aromatic nitrogens is 2. The van der Waals surface area contributed by atoms with E-state index >= 15 is 0 Å². The number of carbonyl (C=O) groups is 2. The second-order valence-electron chi connectivity index (χ2n) is 6.58. The van der Waals surface area contributed by atoms with Crippen LogP contribution in [-0.2, 0) is 28.3 Å². The molecule has 7 heteroatoms. The van der Waals surface area contributed by atoms with Crippen LogP contribution in [-0.4, -0.2) is 50.8 Å². The lowest BCUT2D eigenvalue weighted by atomic mass is 10.0. The molecule has 1 unspecified atom stereocenters. The quantitative estimate of drug-likeness (QED) is 0.632. The average Bonchev–Trinajstić information content (AvgIpc) is 3.03. The van der Waals surface area contributed by atoms with Gasteiger partial charge in [0.2, 0.25) is 5.91 Å². The van der Waals surface area contributed by atoms with Crippen molar-refractivity contribution in [3.05, 3.63) is 66.0 Å². The number of aliphatic carboxylic acids is 1. The molecular formula is C21H23N3O3S. The predicted octanol–water partition coefficient (Wildman–Crippen LogP) is 3.05. The van der Waals surface area contributed by atoms with Crippen LogP contribution in [0.1, 0.15) is 11.4 Å². The van der Waals surface area contributed by atoms with Crippen LogP contribution >= 0.6 is 11.8 Å². The van der Waals surface area contributed by atoms with Gasteiger partial charge in [0.05, 0.1) is 16.8 Å². The van der Waals surface area contributed by atoms with Crippen LogP contribution in [0.15, 0.2) is 54.6 Å². The van der Waals surface area contributed by atoms with Gasteiger partial charge in [0, 0.05) is 13.5 Å². The zero-order valence-electron chi connectivity index (χ0n) is 15.9. The first-order valence-corrected chi connectivity index (χ1v) is 10.4. The van der Waals surface area contributed by atoms with Gasteiger partial charge in [0.1, 0.15) is 18.4 Å². The summed E-state index contributed by atoms with van der Waals surface area (Å²) in [6, 6.07) is 16.1. The van der Waals surface area contributed by atoms with Gasteiger partial charge in [0.25, 0.3) is 0 Å². The highest BCUT2D eigenvalue weighted by atomic mass is 32.2. The van der Waals surface area contributed by atoms with Gasteiger partial charge in [0.15, 0.2) is 0 Å². The van der Waals surface area contributed by atoms with Crippen molar-refractivity contribution in [2.24, 2.45) is 0 Å². The second-order valence-corrected chi connectivity index (χ2v) is 7.45. The maximum Gasteiger partial charge on any atom is 0.326 e. The van der Waals surface area contributed by atoms with Crippen molar-refractivity contribution in [2.75, 3.05) is 13.3 Å². The Morgan fingerprint density at radius 3 is 2.50 bits per heavy atom. The summed E-state index contributed by atoms with van der Waals surface area (Å²) in [6.07, 6.45) is 2.25. The summed E-state index contributed by atoms with van der Waals surface area (Å²) in [6.45, 7) is 0.0610. The summed E-state index contributed by atoms with van der Waals surface area (Å²) in [5.74, 6) is 0.219. The van der Waals surface area contributed by atoms with Gasteiger partial charge < -0.3 is 14.6 Å². The van der Waals surface area contributed by atoms with Crippen LogP contribution in [0.25, 0.3) is 11.0 Å². The van der Waals surface area contributed by atoms with Crippen molar-refractivity contribution in [2.45, 2.75) is 24.8 Å². The molecule has 28 heavy (non-hydrogen) atoms. The summed E-state index contributed by atoms with van der Waals surface area (Å²) < 4.78 is 1.88. The summed E-state index contributed by atoms with van der Waals surface area (Å²) in [5.41, 5.74) is 2.59. The highest BCUT2D eigenvalue weighted by molar-refractivity contribution is 7.97. The minimum Gasteiger partial charge on any atom is -0.480 e. The molecule has 0 fully saturated rings. The summed E-state index contributed by atoms with van der Waals surface area (Å²) in [4.78, 5) is 30.7. The largest absolute Gasteiger partial charge is 0.480 e. The lowest BCUT2D eigenvalue weighted by Crippen LogP contribution is -2.45. The number of rotatable bonds is 8. The lowest BCUT2D eigenvalue weighted by molar-refractivity contribution is -0.149. The van der Waals surface area contributed by atoms with Gasteiger partial charge in [-0.3, -0.25) is 4.79 Å². The molecule has 1 aromatic heterocycles. The number of benzene rings is 2. The lowest BCUT2D eigenvalue weighted by Gasteiger charge is -2.25. The van der Waals surface area contributed by atoms with Crippen LogP contribution in [0, 0.1) is 0 Å². The molecule has 0 saturated carbocycles. The first kappa shape index (κ1) is 19.9. The van der Waals surface area contributed by atoms with Crippen molar-refractivity contribution in [1.82, 2.24) is 14.5 Å². The number of thioether (sulfide) groups is 1. The Bertz CT molecular complexity index is 971. The van der Waals surface area contributed by atoms with Crippen LogP contribution in [0.4, 0.5) is 0 Å². The number of amides is 1. The Morgan fingerprint density at radius 1 is 1.14 bits per heavy atom. The number of carboxylic acid groups (broad SMARTS) is 1. The SMILES string of the molecule is CSCc1nc2ccccc2n1CC(=O)N(C)C(Cc1ccccc1)C(=O)O. The van der Waals surface area contributed by atoms with E-state index < -0.39 is 12.0 Å². The Morgan fingerprint density at radius 2 is 1.82 bits per heavy atom. The van der Waals surface area contributed by atoms with E-state index in [0.29, 0.717) is 5.75 Å². The molecular weight excluding hydrogens is 374 g/mol. The maximum absolute atomic E-state index is 13.0. The van der Waals surface area contributed by atoms with E-state index in [1.165, 1.54) is 4.90 Å². The van der Waals surface area contributed by atoms with Crippen molar-refractivity contribution in [1.29, 1.82) is 0 Å². The first-order valence-electron chi connectivity index (χ1n) is 8.96. The van der Waals surface area contributed by atoms with Crippen LogP contribution in [0.2, 0.25) is 0 Å². The molecule has 3 rings (SSSR count). The zero-order valence-corrected chi connectivity index (χ0v) is 16.7. The average molecular weight is 398 g/mol. The predicted molar refractivity (Wildman–Crippen MR) is 111 cm³/mol. The highest BCUT2D eigenvalue weighted by Gasteiger charge is 2.27. The van der Waals surface area contributed by atoms with E-state index in [0.717, 1.165) is 22.4 Å². The molecule has 1 N–H and O–H groups in total. The van der Waals surface area contributed by atoms with Crippen molar-refractivity contribution < 1.29 is 14.7 Å². The molecule has 1 heterocycles. The third-order valence-electron chi connectivity index (χ3n) is 4.72. The van der Waals surface area contributed by atoms with Crippen LogP contribution < -0.4 is 0 Å². The minimum atomic E-state index is -1.01. The summed E-state index contributed by atoms with van der Waals surface area (Å²) in [5, 5.41) is 9.67. The number of imidazole rings is 1. The number of carboxylic acids is 1. The van der Waals surface area contributed by atoms with Gasteiger partial charge in [-0.2, -0.15) is 11.8 Å². The molecule has 0 aliphatic carbocycles. The number of hydrogen-bond acceptors (Lipinski definition) is 4. The topological polar surface area (TPSA) is 75.4 Å². The number of carbonyl (C=O) groups excluding carboxylic acids is 1. The molecule has 146 valence electrons. The molecule has 0 aliphatic heterocycles. The molecule has 1 amide bonds. The van der Waals surface area contributed by atoms with E-state index in [2.05, 4.69) is 4.98 Å². The molecule has 0 bridgehead atoms. The molecule has 0 spiro atoms. The normalized spacial score (nSPS) is 12.1. The standard InChI is InChI=1S/C21H23N3O3S/c1-23(18(21(26)27)12-15-8-4-3-5-9-15)20(25)13-24-17-11-7-6-10-16(17)22-19(24)14-28-2/h3-11,18H,12-14H2,1-2H3,(H,26,27). The Balaban J connectivity index is 1.84. The fourth-order valence-electron chi connectivity index (χ4n) is 3.19. The van der Waals surface area contributed by atoms with Crippen molar-refractivity contribution >= 4 is 34.7 Å². The molecule has 2 aromatic carbocycles. The van der Waals surface area contributed by atoms with Gasteiger partial charge >= 0.3 is 5.97 Å². The fourth-order valence-corrected chi connectivity index (χ4v) is 3.67. The minimum absolute atomic E-state index is 0.0610.